The zero-order valence-electron chi connectivity index (χ0n) is 6.69. The summed E-state index contributed by atoms with van der Waals surface area (Å²) in [5, 5.41) is 5.88. The zero-order valence-corrected chi connectivity index (χ0v) is 6.69. The first-order valence-corrected chi connectivity index (χ1v) is 3.75. The van der Waals surface area contributed by atoms with E-state index in [1.54, 1.807) is 6.07 Å². The third-order valence-corrected chi connectivity index (χ3v) is 1.74. The molecule has 0 aliphatic carbocycles. The van der Waals surface area contributed by atoms with Crippen molar-refractivity contribution in [3.63, 3.8) is 0 Å². The highest BCUT2D eigenvalue weighted by Crippen LogP contribution is 2.06. The van der Waals surface area contributed by atoms with Crippen molar-refractivity contribution in [1.82, 2.24) is 15.4 Å². The molecule has 1 aliphatic heterocycles. The summed E-state index contributed by atoms with van der Waals surface area (Å²) in [7, 11) is 0. The fraction of sp³-hybridized carbons (Fsp3) is 0.286. The molecule has 0 unspecified atom stereocenters. The Bertz CT molecular complexity index is 317. The Morgan fingerprint density at radius 1 is 1.62 bits per heavy atom. The number of nitrogens with one attached hydrogen (secondary N) is 1. The van der Waals surface area contributed by atoms with Gasteiger partial charge in [0.15, 0.2) is 5.76 Å². The average molecular weight is 181 g/mol. The second-order valence-corrected chi connectivity index (χ2v) is 2.62. The SMILES string of the molecule is O=C1CNC(=O)N1Cc1ccno1. The van der Waals surface area contributed by atoms with Crippen LogP contribution in [0.15, 0.2) is 16.8 Å². The number of urea groups is 1. The van der Waals surface area contributed by atoms with Crippen LogP contribution in [-0.2, 0) is 11.3 Å². The standard InChI is InChI=1S/C7H7N3O3/c11-6-3-8-7(12)10(6)4-5-1-2-9-13-5/h1-2H,3-4H2,(H,8,12). The molecule has 0 bridgehead atoms. The van der Waals surface area contributed by atoms with E-state index in [1.807, 2.05) is 0 Å². The van der Waals surface area contributed by atoms with Crippen molar-refractivity contribution in [2.45, 2.75) is 6.54 Å². The van der Waals surface area contributed by atoms with Gasteiger partial charge >= 0.3 is 6.03 Å². The van der Waals surface area contributed by atoms with E-state index >= 15 is 0 Å². The van der Waals surface area contributed by atoms with E-state index in [-0.39, 0.29) is 25.0 Å². The summed E-state index contributed by atoms with van der Waals surface area (Å²) in [6.07, 6.45) is 1.47. The number of carbonyl (C=O) groups excluding carboxylic acids is 2. The van der Waals surface area contributed by atoms with Gasteiger partial charge in [-0.15, -0.1) is 0 Å². The van der Waals surface area contributed by atoms with Crippen LogP contribution < -0.4 is 5.32 Å². The lowest BCUT2D eigenvalue weighted by atomic mass is 10.4. The van der Waals surface area contributed by atoms with Gasteiger partial charge in [-0.3, -0.25) is 9.69 Å². The van der Waals surface area contributed by atoms with Gasteiger partial charge in [-0.1, -0.05) is 5.16 Å². The van der Waals surface area contributed by atoms with E-state index in [1.165, 1.54) is 6.20 Å². The fourth-order valence-electron chi connectivity index (χ4n) is 1.09. The number of imide groups is 1. The number of nitrogens with zero attached hydrogens (tertiary/aromatic N) is 2. The first kappa shape index (κ1) is 7.78. The monoisotopic (exact) mass is 181 g/mol. The number of hydrogen-bond acceptors (Lipinski definition) is 4. The first-order valence-electron chi connectivity index (χ1n) is 3.75. The lowest BCUT2D eigenvalue weighted by Crippen LogP contribution is -2.30. The zero-order chi connectivity index (χ0) is 9.26. The predicted molar refractivity (Wildman–Crippen MR) is 40.5 cm³/mol. The van der Waals surface area contributed by atoms with E-state index in [4.69, 9.17) is 4.52 Å². The number of rotatable bonds is 2. The average Bonchev–Trinajstić information content (AvgIpc) is 2.70. The van der Waals surface area contributed by atoms with Gasteiger partial charge in [0.1, 0.15) is 0 Å². The minimum absolute atomic E-state index is 0.0625. The molecule has 0 saturated carbocycles. The molecule has 1 saturated heterocycles. The molecule has 0 radical (unpaired) electrons. The largest absolute Gasteiger partial charge is 0.359 e. The Kier molecular flexibility index (Phi) is 1.73. The van der Waals surface area contributed by atoms with Gasteiger partial charge in [0, 0.05) is 6.07 Å². The number of amides is 3. The Morgan fingerprint density at radius 2 is 2.46 bits per heavy atom. The topological polar surface area (TPSA) is 75.4 Å². The lowest BCUT2D eigenvalue weighted by molar-refractivity contribution is -0.125. The molecule has 1 aliphatic rings. The molecule has 2 rings (SSSR count). The van der Waals surface area contributed by atoms with Crippen LogP contribution >= 0.6 is 0 Å². The normalized spacial score (nSPS) is 16.5. The first-order chi connectivity index (χ1) is 6.27. The second-order valence-electron chi connectivity index (χ2n) is 2.62. The highest BCUT2D eigenvalue weighted by Gasteiger charge is 2.29. The number of aromatic nitrogens is 1. The third kappa shape index (κ3) is 1.37. The van der Waals surface area contributed by atoms with Crippen LogP contribution in [-0.4, -0.2) is 28.5 Å². The Balaban J connectivity index is 2.09. The molecule has 2 heterocycles. The summed E-state index contributed by atoms with van der Waals surface area (Å²) < 4.78 is 4.77. The quantitative estimate of drug-likeness (QED) is 0.637. The molecule has 6 heteroatoms. The van der Waals surface area contributed by atoms with Crippen molar-refractivity contribution in [3.8, 4) is 0 Å². The molecular formula is C7H7N3O3. The Morgan fingerprint density at radius 3 is 3.00 bits per heavy atom. The highest BCUT2D eigenvalue weighted by atomic mass is 16.5. The second kappa shape index (κ2) is 2.89. The number of carbonyl (C=O) groups is 2. The van der Waals surface area contributed by atoms with Gasteiger partial charge in [0.25, 0.3) is 0 Å². The van der Waals surface area contributed by atoms with Gasteiger partial charge in [-0.2, -0.15) is 0 Å². The molecule has 0 atom stereocenters. The number of hydrogen-bond donors (Lipinski definition) is 1. The maximum Gasteiger partial charge on any atom is 0.325 e. The van der Waals surface area contributed by atoms with Gasteiger partial charge in [0.2, 0.25) is 5.91 Å². The maximum absolute atomic E-state index is 11.1. The van der Waals surface area contributed by atoms with Gasteiger partial charge < -0.3 is 9.84 Å². The van der Waals surface area contributed by atoms with E-state index in [9.17, 15) is 9.59 Å². The van der Waals surface area contributed by atoms with Gasteiger partial charge in [-0.25, -0.2) is 4.79 Å². The van der Waals surface area contributed by atoms with Crippen LogP contribution in [0, 0.1) is 0 Å². The van der Waals surface area contributed by atoms with Crippen LogP contribution in [0.3, 0.4) is 0 Å². The molecule has 13 heavy (non-hydrogen) atoms. The molecule has 1 aromatic heterocycles. The van der Waals surface area contributed by atoms with E-state index in [0.717, 1.165) is 4.90 Å². The third-order valence-electron chi connectivity index (χ3n) is 1.74. The van der Waals surface area contributed by atoms with Crippen molar-refractivity contribution in [3.05, 3.63) is 18.0 Å². The molecule has 68 valence electrons. The summed E-state index contributed by atoms with van der Waals surface area (Å²) in [6, 6.07) is 1.22. The summed E-state index contributed by atoms with van der Waals surface area (Å²) in [5.41, 5.74) is 0. The fourth-order valence-corrected chi connectivity index (χ4v) is 1.09. The molecule has 1 aromatic rings. The maximum atomic E-state index is 11.1. The molecular weight excluding hydrogens is 174 g/mol. The molecule has 1 fully saturated rings. The van der Waals surface area contributed by atoms with Crippen LogP contribution in [0.4, 0.5) is 4.79 Å². The van der Waals surface area contributed by atoms with Crippen LogP contribution in [0.25, 0.3) is 0 Å². The van der Waals surface area contributed by atoms with Crippen LogP contribution in [0.2, 0.25) is 0 Å². The van der Waals surface area contributed by atoms with Crippen molar-refractivity contribution in [2.75, 3.05) is 6.54 Å². The van der Waals surface area contributed by atoms with E-state index in [2.05, 4.69) is 10.5 Å². The molecule has 0 spiro atoms. The van der Waals surface area contributed by atoms with Crippen molar-refractivity contribution >= 4 is 11.9 Å². The highest BCUT2D eigenvalue weighted by molar-refractivity contribution is 6.01. The smallest absolute Gasteiger partial charge is 0.325 e. The van der Waals surface area contributed by atoms with Crippen LogP contribution in [0.1, 0.15) is 5.76 Å². The summed E-state index contributed by atoms with van der Waals surface area (Å²) in [5.74, 6) is 0.242. The van der Waals surface area contributed by atoms with Crippen molar-refractivity contribution in [1.29, 1.82) is 0 Å². The summed E-state index contributed by atoms with van der Waals surface area (Å²) in [4.78, 5) is 23.2. The lowest BCUT2D eigenvalue weighted by Gasteiger charge is -2.08. The molecule has 3 amide bonds. The molecule has 0 aromatic carbocycles. The molecule has 6 nitrogen and oxygen atoms in total. The van der Waals surface area contributed by atoms with Crippen LogP contribution in [0.5, 0.6) is 0 Å². The Hall–Kier alpha value is -1.85. The van der Waals surface area contributed by atoms with Gasteiger partial charge in [-0.05, 0) is 0 Å². The van der Waals surface area contributed by atoms with Crippen molar-refractivity contribution < 1.29 is 14.1 Å². The minimum Gasteiger partial charge on any atom is -0.359 e. The summed E-state index contributed by atoms with van der Waals surface area (Å²) in [6.45, 7) is 0.206. The minimum atomic E-state index is -0.388. The van der Waals surface area contributed by atoms with Gasteiger partial charge in [0.05, 0.1) is 19.3 Å². The van der Waals surface area contributed by atoms with Crippen molar-refractivity contribution in [2.24, 2.45) is 0 Å². The van der Waals surface area contributed by atoms with E-state index in [0.29, 0.717) is 5.76 Å². The predicted octanol–water partition coefficient (Wildman–Crippen LogP) is -0.274. The van der Waals surface area contributed by atoms with E-state index < -0.39 is 0 Å². The summed E-state index contributed by atoms with van der Waals surface area (Å²) >= 11 is 0. The molecule has 1 N–H and O–H groups in total. The Labute approximate surface area is 73.5 Å².